The second kappa shape index (κ2) is 24.0. The van der Waals surface area contributed by atoms with Crippen LogP contribution < -0.4 is 26.2 Å². The monoisotopic (exact) mass is 1280 g/mol. The summed E-state index contributed by atoms with van der Waals surface area (Å²) in [4.78, 5) is 22.6. The third-order valence-corrected chi connectivity index (χ3v) is 20.3. The summed E-state index contributed by atoms with van der Waals surface area (Å²) in [7, 11) is 0. The summed E-state index contributed by atoms with van der Waals surface area (Å²) in [6.45, 7) is 27.4. The summed E-state index contributed by atoms with van der Waals surface area (Å²) >= 11 is 0. The van der Waals surface area contributed by atoms with Crippen molar-refractivity contribution < 1.29 is 0 Å². The zero-order valence-corrected chi connectivity index (χ0v) is 58.9. The molecule has 482 valence electrons. The first-order valence-corrected chi connectivity index (χ1v) is 35.0. The molecule has 99 heavy (non-hydrogen) atoms. The molecule has 2 aliphatic rings. The van der Waals surface area contributed by atoms with Gasteiger partial charge in [-0.05, 0) is 211 Å². The van der Waals surface area contributed by atoms with E-state index in [1.807, 2.05) is 0 Å². The molecule has 0 fully saturated rings. The summed E-state index contributed by atoms with van der Waals surface area (Å²) in [6.07, 6.45) is 0. The van der Waals surface area contributed by atoms with Crippen LogP contribution in [-0.2, 0) is 21.7 Å². The highest BCUT2D eigenvalue weighted by molar-refractivity contribution is 7.00. The average Bonchev–Trinajstić information content (AvgIpc) is 0.689. The Morgan fingerprint density at radius 1 is 0.232 bits per heavy atom. The highest BCUT2D eigenvalue weighted by Gasteiger charge is 2.45. The molecule has 0 aliphatic carbocycles. The third kappa shape index (κ3) is 11.8. The van der Waals surface area contributed by atoms with Crippen LogP contribution in [0, 0.1) is 0 Å². The van der Waals surface area contributed by atoms with Gasteiger partial charge >= 0.3 is 0 Å². The van der Waals surface area contributed by atoms with Crippen molar-refractivity contribution >= 4 is 78.8 Å². The summed E-state index contributed by atoms with van der Waals surface area (Å²) < 4.78 is 0. The first kappa shape index (κ1) is 62.8. The van der Waals surface area contributed by atoms with Crippen molar-refractivity contribution in [2.24, 2.45) is 0 Å². The van der Waals surface area contributed by atoms with Gasteiger partial charge < -0.3 is 9.80 Å². The van der Waals surface area contributed by atoms with Gasteiger partial charge in [-0.15, -0.1) is 0 Å². The van der Waals surface area contributed by atoms with Crippen molar-refractivity contribution in [2.75, 3.05) is 9.80 Å². The fourth-order valence-electron chi connectivity index (χ4n) is 14.7. The third-order valence-electron chi connectivity index (χ3n) is 20.3. The molecule has 0 bridgehead atoms. The maximum absolute atomic E-state index is 5.87. The Morgan fingerprint density at radius 3 is 0.778 bits per heavy atom. The molecule has 0 amide bonds. The normalized spacial score (nSPS) is 13.0. The van der Waals surface area contributed by atoms with E-state index >= 15 is 0 Å². The van der Waals surface area contributed by atoms with Gasteiger partial charge in [0.25, 0.3) is 6.71 Å². The molecule has 1 aromatic heterocycles. The molecule has 13 aromatic carbocycles. The van der Waals surface area contributed by atoms with E-state index in [0.717, 1.165) is 106 Å². The summed E-state index contributed by atoms with van der Waals surface area (Å²) in [5.41, 5.74) is 26.1. The fraction of sp³-hybridized carbons (Fsp3) is 0.172. The Hall–Kier alpha value is -10.9. The van der Waals surface area contributed by atoms with Crippen LogP contribution in [0.5, 0.6) is 0 Å². The highest BCUT2D eigenvalue weighted by atomic mass is 15.2. The number of aromatic nitrogens is 3. The number of rotatable bonds is 9. The highest BCUT2D eigenvalue weighted by Crippen LogP contribution is 2.50. The van der Waals surface area contributed by atoms with E-state index in [9.17, 15) is 0 Å². The second-order valence-electron chi connectivity index (χ2n) is 31.5. The molecule has 2 aliphatic heterocycles. The van der Waals surface area contributed by atoms with Crippen molar-refractivity contribution in [3.05, 3.63) is 301 Å². The molecule has 0 N–H and O–H groups in total. The summed E-state index contributed by atoms with van der Waals surface area (Å²) in [5, 5.41) is 4.71. The zero-order valence-electron chi connectivity index (χ0n) is 58.9. The van der Waals surface area contributed by atoms with Gasteiger partial charge in [-0.2, -0.15) is 0 Å². The Bertz CT molecular complexity index is 4970. The average molecular weight is 1280 g/mol. The Kier molecular flexibility index (Phi) is 15.2. The minimum absolute atomic E-state index is 0.165. The maximum Gasteiger partial charge on any atom is 0.252 e. The molecule has 0 saturated carbocycles. The molecule has 5 nitrogen and oxygen atoms in total. The van der Waals surface area contributed by atoms with Crippen molar-refractivity contribution in [1.29, 1.82) is 0 Å². The second-order valence-corrected chi connectivity index (χ2v) is 31.5. The van der Waals surface area contributed by atoms with Crippen LogP contribution in [-0.4, -0.2) is 21.7 Å². The minimum atomic E-state index is -0.219. The molecule has 3 heterocycles. The number of nitrogens with zero attached hydrogens (tertiary/aromatic N) is 5. The van der Waals surface area contributed by atoms with E-state index in [1.165, 1.54) is 49.4 Å². The molecular weight excluding hydrogens is 1200 g/mol. The van der Waals surface area contributed by atoms with Crippen LogP contribution in [0.25, 0.3) is 100 Å². The van der Waals surface area contributed by atoms with Crippen molar-refractivity contribution in [3.8, 4) is 78.7 Å². The number of anilines is 6. The van der Waals surface area contributed by atoms with Gasteiger partial charge in [0, 0.05) is 50.8 Å². The predicted molar refractivity (Wildman–Crippen MR) is 422 cm³/mol. The van der Waals surface area contributed by atoms with Crippen LogP contribution in [0.15, 0.2) is 279 Å². The summed E-state index contributed by atoms with van der Waals surface area (Å²) in [6, 6.07) is 104. The van der Waals surface area contributed by atoms with Crippen LogP contribution in [0.3, 0.4) is 0 Å². The first-order chi connectivity index (χ1) is 47.5. The van der Waals surface area contributed by atoms with Crippen molar-refractivity contribution in [3.63, 3.8) is 0 Å². The number of fused-ring (bicyclic) bond motifs is 6. The van der Waals surface area contributed by atoms with Gasteiger partial charge in [0.2, 0.25) is 0 Å². The lowest BCUT2D eigenvalue weighted by molar-refractivity contribution is 0.568. The lowest BCUT2D eigenvalue weighted by atomic mass is 9.33. The molecule has 14 aromatic rings. The largest absolute Gasteiger partial charge is 0.311 e. The van der Waals surface area contributed by atoms with Gasteiger partial charge in [0.05, 0.1) is 0 Å². The smallest absolute Gasteiger partial charge is 0.252 e. The lowest BCUT2D eigenvalue weighted by Crippen LogP contribution is -2.61. The molecule has 0 radical (unpaired) electrons. The quantitative estimate of drug-likeness (QED) is 0.135. The molecule has 16 rings (SSSR count). The van der Waals surface area contributed by atoms with Crippen LogP contribution in [0.2, 0.25) is 0 Å². The Balaban J connectivity index is 1.08. The van der Waals surface area contributed by atoms with Crippen LogP contribution in [0.4, 0.5) is 34.1 Å². The number of hydrogen-bond acceptors (Lipinski definition) is 5. The fourth-order valence-corrected chi connectivity index (χ4v) is 14.7. The Labute approximate surface area is 584 Å². The number of hydrogen-bond donors (Lipinski definition) is 0. The zero-order chi connectivity index (χ0) is 68.3. The van der Waals surface area contributed by atoms with E-state index < -0.39 is 0 Å². The van der Waals surface area contributed by atoms with E-state index in [-0.39, 0.29) is 28.4 Å². The van der Waals surface area contributed by atoms with Crippen molar-refractivity contribution in [2.45, 2.75) is 105 Å². The Morgan fingerprint density at radius 2 is 0.495 bits per heavy atom. The van der Waals surface area contributed by atoms with Gasteiger partial charge in [0.15, 0.2) is 17.5 Å². The predicted octanol–water partition coefficient (Wildman–Crippen LogP) is 23.1. The van der Waals surface area contributed by atoms with Gasteiger partial charge in [0.1, 0.15) is 0 Å². The summed E-state index contributed by atoms with van der Waals surface area (Å²) in [5.74, 6) is 1.84. The van der Waals surface area contributed by atoms with Crippen LogP contribution >= 0.6 is 0 Å². The SMILES string of the molecule is CC(C)(C)c1cc(-c2nc(-c3cc(C(C)(C)C)cc(C(C)(C)C)c3)nc(-c3cc4c5c(c3)N(c3cc(-c6ccccc6)cc(-c6ccccc6)c3)c3cc6ccccc6cc3B5c3cc5ccccc5cc3N4c3cc(-c4ccccc4)cc(-c4ccccc4)c3)n2)cc(C(C)(C)C)c1. The molecule has 0 saturated heterocycles. The van der Waals surface area contributed by atoms with Gasteiger partial charge in [-0.25, -0.2) is 15.0 Å². The minimum Gasteiger partial charge on any atom is -0.311 e. The van der Waals surface area contributed by atoms with Gasteiger partial charge in [-0.1, -0.05) is 277 Å². The molecular formula is C93H82BN5. The number of benzene rings is 13. The maximum atomic E-state index is 5.87. The van der Waals surface area contributed by atoms with E-state index in [1.54, 1.807) is 0 Å². The lowest BCUT2D eigenvalue weighted by Gasteiger charge is -2.45. The standard InChI is InChI=1S/C93H82BN5/c1-90(2,3)74-43-71(44-75(57-74)91(4,5)6)87-95-88(72-45-76(92(7,8)9)58-77(46-72)93(10,11)12)97-89(96-87)73-55-84-86-85(56-73)99(79-49-69(61-33-21-15-22-34-61)42-70(50-79)62-35-23-16-24-36-62)83-54-66-40-28-26-38-64(66)52-81(83)94(86)80-51-63-37-25-27-39-65(63)53-82(80)98(84)78-47-67(59-29-17-13-18-30-59)41-68(48-78)60-31-19-14-20-32-60/h13-58H,1-12H3. The molecule has 6 heteroatoms. The first-order valence-electron chi connectivity index (χ1n) is 35.0. The van der Waals surface area contributed by atoms with Gasteiger partial charge in [-0.3, -0.25) is 0 Å². The van der Waals surface area contributed by atoms with E-state index in [0.29, 0.717) is 17.5 Å². The van der Waals surface area contributed by atoms with E-state index in [2.05, 4.69) is 372 Å². The molecule has 0 atom stereocenters. The molecule has 0 unspecified atom stereocenters. The molecule has 0 spiro atoms. The van der Waals surface area contributed by atoms with E-state index in [4.69, 9.17) is 15.0 Å². The topological polar surface area (TPSA) is 45.2 Å². The van der Waals surface area contributed by atoms with Crippen LogP contribution in [0.1, 0.15) is 105 Å². The van der Waals surface area contributed by atoms with Crippen molar-refractivity contribution in [1.82, 2.24) is 15.0 Å².